The number of rotatable bonds is 4. The second-order valence-corrected chi connectivity index (χ2v) is 3.15. The second-order valence-electron chi connectivity index (χ2n) is 3.15. The zero-order chi connectivity index (χ0) is 12.3. The molecule has 2 aromatic rings. The molecule has 0 amide bonds. The molecule has 88 valence electrons. The summed E-state index contributed by atoms with van der Waals surface area (Å²) in [5.74, 6) is -1.67. The summed E-state index contributed by atoms with van der Waals surface area (Å²) in [6.07, 6.45) is 1.00. The lowest BCUT2D eigenvalue weighted by molar-refractivity contribution is 0.0686. The van der Waals surface area contributed by atoms with Gasteiger partial charge in [-0.05, 0) is 12.1 Å². The van der Waals surface area contributed by atoms with Crippen molar-refractivity contribution in [3.05, 3.63) is 47.9 Å². The van der Waals surface area contributed by atoms with E-state index in [2.05, 4.69) is 4.98 Å². The molecular weight excluding hydrogens is 229 g/mol. The highest BCUT2D eigenvalue weighted by molar-refractivity contribution is 5.86. The zero-order valence-electron chi connectivity index (χ0n) is 8.59. The monoisotopic (exact) mass is 237 g/mol. The van der Waals surface area contributed by atoms with E-state index in [0.29, 0.717) is 0 Å². The van der Waals surface area contributed by atoms with Gasteiger partial charge in [-0.2, -0.15) is 0 Å². The molecule has 0 aliphatic rings. The van der Waals surface area contributed by atoms with Crippen LogP contribution in [0.3, 0.4) is 0 Å². The van der Waals surface area contributed by atoms with Gasteiger partial charge in [0.1, 0.15) is 6.61 Å². The minimum atomic E-state index is -1.22. The number of hydrogen-bond acceptors (Lipinski definition) is 4. The van der Waals surface area contributed by atoms with E-state index in [1.807, 2.05) is 0 Å². The number of hydrogen-bond donors (Lipinski definition) is 1. The van der Waals surface area contributed by atoms with Gasteiger partial charge >= 0.3 is 5.97 Å². The van der Waals surface area contributed by atoms with Gasteiger partial charge in [-0.25, -0.2) is 14.2 Å². The third-order valence-corrected chi connectivity index (χ3v) is 2.04. The summed E-state index contributed by atoms with van der Waals surface area (Å²) in [4.78, 5) is 14.2. The number of para-hydroxylation sites is 1. The van der Waals surface area contributed by atoms with Crippen LogP contribution in [-0.4, -0.2) is 16.1 Å². The molecule has 1 heterocycles. The third-order valence-electron chi connectivity index (χ3n) is 2.04. The minimum Gasteiger partial charge on any atom is -0.482 e. The van der Waals surface area contributed by atoms with Crippen LogP contribution in [0, 0.1) is 5.82 Å². The Morgan fingerprint density at radius 1 is 1.47 bits per heavy atom. The highest BCUT2D eigenvalue weighted by Gasteiger charge is 2.16. The first-order valence-electron chi connectivity index (χ1n) is 4.71. The lowest BCUT2D eigenvalue weighted by atomic mass is 10.3. The van der Waals surface area contributed by atoms with Crippen molar-refractivity contribution in [3.8, 4) is 5.75 Å². The number of carbonyl (C=O) groups is 1. The summed E-state index contributed by atoms with van der Waals surface area (Å²) in [6, 6.07) is 5.82. The van der Waals surface area contributed by atoms with Crippen LogP contribution in [0.15, 0.2) is 35.1 Å². The average Bonchev–Trinajstić information content (AvgIpc) is 2.76. The van der Waals surface area contributed by atoms with Crippen LogP contribution >= 0.6 is 0 Å². The number of benzene rings is 1. The molecule has 0 aliphatic carbocycles. The number of ether oxygens (including phenoxy) is 1. The van der Waals surface area contributed by atoms with Crippen LogP contribution in [0.5, 0.6) is 5.75 Å². The lowest BCUT2D eigenvalue weighted by Crippen LogP contribution is -2.04. The Hall–Kier alpha value is -2.37. The normalized spacial score (nSPS) is 10.2. The fourth-order valence-corrected chi connectivity index (χ4v) is 1.25. The molecule has 0 radical (unpaired) electrons. The molecule has 1 N–H and O–H groups in total. The molecule has 0 saturated carbocycles. The van der Waals surface area contributed by atoms with E-state index < -0.39 is 11.8 Å². The Labute approximate surface area is 95.5 Å². The highest BCUT2D eigenvalue weighted by atomic mass is 19.1. The minimum absolute atomic E-state index is 0.0280. The maximum absolute atomic E-state index is 13.2. The van der Waals surface area contributed by atoms with Crippen LogP contribution in [0.25, 0.3) is 0 Å². The molecule has 0 saturated heterocycles. The number of nitrogens with zero attached hydrogens (tertiary/aromatic N) is 1. The van der Waals surface area contributed by atoms with Crippen LogP contribution < -0.4 is 4.74 Å². The summed E-state index contributed by atoms with van der Waals surface area (Å²) >= 11 is 0. The number of carboxylic acid groups (broad SMARTS) is 1. The van der Waals surface area contributed by atoms with Crippen molar-refractivity contribution in [2.24, 2.45) is 0 Å². The van der Waals surface area contributed by atoms with Crippen LogP contribution in [-0.2, 0) is 6.61 Å². The maximum atomic E-state index is 13.2. The molecule has 0 fully saturated rings. The van der Waals surface area contributed by atoms with Crippen molar-refractivity contribution < 1.29 is 23.4 Å². The number of oxazole rings is 1. The fourth-order valence-electron chi connectivity index (χ4n) is 1.25. The van der Waals surface area contributed by atoms with Gasteiger partial charge < -0.3 is 14.3 Å². The summed E-state index contributed by atoms with van der Waals surface area (Å²) in [5, 5.41) is 8.75. The average molecular weight is 237 g/mol. The van der Waals surface area contributed by atoms with Crippen molar-refractivity contribution in [3.63, 3.8) is 0 Å². The quantitative estimate of drug-likeness (QED) is 0.881. The van der Waals surface area contributed by atoms with Gasteiger partial charge in [0.2, 0.25) is 0 Å². The van der Waals surface area contributed by atoms with Gasteiger partial charge in [-0.15, -0.1) is 0 Å². The van der Waals surface area contributed by atoms with E-state index in [0.717, 1.165) is 6.39 Å². The number of aromatic nitrogens is 1. The predicted octanol–water partition coefficient (Wildman–Crippen LogP) is 2.09. The first-order chi connectivity index (χ1) is 8.18. The summed E-state index contributed by atoms with van der Waals surface area (Å²) in [7, 11) is 0. The molecular formula is C11H8FNO4. The Morgan fingerprint density at radius 3 is 2.94 bits per heavy atom. The van der Waals surface area contributed by atoms with Crippen LogP contribution in [0.4, 0.5) is 4.39 Å². The summed E-state index contributed by atoms with van der Waals surface area (Å²) < 4.78 is 23.1. The van der Waals surface area contributed by atoms with E-state index in [-0.39, 0.29) is 23.8 Å². The van der Waals surface area contributed by atoms with Gasteiger partial charge in [0.25, 0.3) is 0 Å². The molecule has 5 nitrogen and oxygen atoms in total. The number of aromatic carboxylic acids is 1. The maximum Gasteiger partial charge on any atom is 0.358 e. The molecule has 0 unspecified atom stereocenters. The van der Waals surface area contributed by atoms with E-state index >= 15 is 0 Å². The second kappa shape index (κ2) is 4.65. The molecule has 6 heteroatoms. The zero-order valence-corrected chi connectivity index (χ0v) is 8.59. The number of halogens is 1. The topological polar surface area (TPSA) is 72.6 Å². The van der Waals surface area contributed by atoms with Crippen LogP contribution in [0.2, 0.25) is 0 Å². The van der Waals surface area contributed by atoms with Gasteiger partial charge in [-0.1, -0.05) is 12.1 Å². The Balaban J connectivity index is 2.10. The molecule has 0 spiro atoms. The predicted molar refractivity (Wildman–Crippen MR) is 54.2 cm³/mol. The standard InChI is InChI=1S/C11H8FNO4/c12-7-3-1-2-4-8(7)16-5-9-10(11(14)15)13-6-17-9/h1-4,6H,5H2,(H,14,15). The molecule has 17 heavy (non-hydrogen) atoms. The molecule has 2 rings (SSSR count). The smallest absolute Gasteiger partial charge is 0.358 e. The lowest BCUT2D eigenvalue weighted by Gasteiger charge is -2.04. The van der Waals surface area contributed by atoms with Crippen LogP contribution in [0.1, 0.15) is 16.2 Å². The highest BCUT2D eigenvalue weighted by Crippen LogP contribution is 2.18. The summed E-state index contributed by atoms with van der Waals surface area (Å²) in [6.45, 7) is -0.192. The first kappa shape index (κ1) is 11.1. The number of carboxylic acids is 1. The van der Waals surface area contributed by atoms with E-state index in [4.69, 9.17) is 14.3 Å². The Kier molecular flexibility index (Phi) is 3.04. The van der Waals surface area contributed by atoms with E-state index in [1.54, 1.807) is 6.07 Å². The first-order valence-corrected chi connectivity index (χ1v) is 4.71. The van der Waals surface area contributed by atoms with Crippen molar-refractivity contribution in [2.45, 2.75) is 6.61 Å². The Bertz CT molecular complexity index is 538. The van der Waals surface area contributed by atoms with Gasteiger partial charge in [-0.3, -0.25) is 0 Å². The largest absolute Gasteiger partial charge is 0.482 e. The molecule has 0 atom stereocenters. The molecule has 1 aromatic heterocycles. The van der Waals surface area contributed by atoms with Crippen molar-refractivity contribution >= 4 is 5.97 Å². The SMILES string of the molecule is O=C(O)c1ncoc1COc1ccccc1F. The summed E-state index contributed by atoms with van der Waals surface area (Å²) in [5.41, 5.74) is -0.235. The fraction of sp³-hybridized carbons (Fsp3) is 0.0909. The third kappa shape index (κ3) is 2.41. The molecule has 0 aliphatic heterocycles. The van der Waals surface area contributed by atoms with Crippen molar-refractivity contribution in [1.29, 1.82) is 0 Å². The molecule has 0 bridgehead atoms. The van der Waals surface area contributed by atoms with Crippen molar-refractivity contribution in [1.82, 2.24) is 4.98 Å². The molecule has 1 aromatic carbocycles. The van der Waals surface area contributed by atoms with Gasteiger partial charge in [0, 0.05) is 0 Å². The Morgan fingerprint density at radius 2 is 2.24 bits per heavy atom. The van der Waals surface area contributed by atoms with Gasteiger partial charge in [0.05, 0.1) is 0 Å². The van der Waals surface area contributed by atoms with Crippen molar-refractivity contribution in [2.75, 3.05) is 0 Å². The van der Waals surface area contributed by atoms with E-state index in [1.165, 1.54) is 18.2 Å². The van der Waals surface area contributed by atoms with Gasteiger partial charge in [0.15, 0.2) is 29.4 Å². The van der Waals surface area contributed by atoms with E-state index in [9.17, 15) is 9.18 Å².